The first kappa shape index (κ1) is 72.3. The van der Waals surface area contributed by atoms with Crippen LogP contribution in [0.3, 0.4) is 0 Å². The van der Waals surface area contributed by atoms with Crippen LogP contribution in [0.2, 0.25) is 0 Å². The van der Waals surface area contributed by atoms with Crippen LogP contribution in [-0.2, 0) is 0 Å². The van der Waals surface area contributed by atoms with Gasteiger partial charge in [0.2, 0.25) is 0 Å². The summed E-state index contributed by atoms with van der Waals surface area (Å²) in [7, 11) is 0. The lowest BCUT2D eigenvalue weighted by atomic mass is 10.1. The van der Waals surface area contributed by atoms with Crippen LogP contribution in [0.5, 0.6) is 0 Å². The van der Waals surface area contributed by atoms with Crippen molar-refractivity contribution in [2.75, 3.05) is 0 Å². The summed E-state index contributed by atoms with van der Waals surface area (Å²) in [5, 5.41) is 0. The highest BCUT2D eigenvalue weighted by Gasteiger charge is 1.93. The Morgan fingerprint density at radius 2 is 0.802 bits per heavy atom. The van der Waals surface area contributed by atoms with Crippen molar-refractivity contribution in [2.24, 2.45) is 11.8 Å². The Kier molecular flexibility index (Phi) is 49.2. The smallest absolute Gasteiger partial charge is 0.00787 e. The zero-order chi connectivity index (χ0) is 58.7. The maximum Gasteiger partial charge on any atom is -0.00787 e. The molecule has 0 bridgehead atoms. The summed E-state index contributed by atoms with van der Waals surface area (Å²) in [5.41, 5.74) is 10.0. The molecule has 0 aromatic carbocycles. The molecule has 9 rings (SSSR count). The summed E-state index contributed by atoms with van der Waals surface area (Å²) in [5.74, 6) is 1.31. The maximum atomic E-state index is 2.35. The molecule has 0 radical (unpaired) electrons. The van der Waals surface area contributed by atoms with Gasteiger partial charge in [-0.3, -0.25) is 0 Å². The molecule has 2 unspecified atom stereocenters. The van der Waals surface area contributed by atoms with Crippen molar-refractivity contribution in [1.29, 1.82) is 0 Å². The predicted octanol–water partition coefficient (Wildman–Crippen LogP) is 25.5. The highest BCUT2D eigenvalue weighted by molar-refractivity contribution is 5.25. The van der Waals surface area contributed by atoms with Gasteiger partial charge in [-0.05, 0) is 176 Å². The highest BCUT2D eigenvalue weighted by atomic mass is 14.0. The van der Waals surface area contributed by atoms with Crippen LogP contribution in [0, 0.1) is 11.8 Å². The summed E-state index contributed by atoms with van der Waals surface area (Å²) in [4.78, 5) is 0. The van der Waals surface area contributed by atoms with Gasteiger partial charge < -0.3 is 0 Å². The van der Waals surface area contributed by atoms with Crippen molar-refractivity contribution in [3.05, 3.63) is 312 Å². The first-order valence-electron chi connectivity index (χ1n) is 30.8. The topological polar surface area (TPSA) is 0 Å². The minimum atomic E-state index is 0.606. The molecule has 0 heteroatoms. The molecule has 81 heavy (non-hydrogen) atoms. The number of rotatable bonds is 0. The summed E-state index contributed by atoms with van der Waals surface area (Å²) >= 11 is 0. The predicted molar refractivity (Wildman–Crippen MR) is 371 cm³/mol. The zero-order valence-corrected chi connectivity index (χ0v) is 52.4. The monoisotopic (exact) mass is 1080 g/mol. The van der Waals surface area contributed by atoms with Crippen molar-refractivity contribution in [1.82, 2.24) is 0 Å². The lowest BCUT2D eigenvalue weighted by Gasteiger charge is -2.00. The van der Waals surface area contributed by atoms with Crippen molar-refractivity contribution in [3.8, 4) is 0 Å². The fourth-order valence-electron chi connectivity index (χ4n) is 7.80. The Hall–Kier alpha value is -6.76. The molecule has 0 nitrogen and oxygen atoms in total. The van der Waals surface area contributed by atoms with Crippen LogP contribution in [0.1, 0.15) is 178 Å². The molecule has 0 amide bonds. The average molecular weight is 1080 g/mol. The van der Waals surface area contributed by atoms with E-state index in [9.17, 15) is 0 Å². The molecule has 0 aliphatic heterocycles. The molecular weight excluding hydrogens is 973 g/mol. The minimum absolute atomic E-state index is 0.606. The summed E-state index contributed by atoms with van der Waals surface area (Å²) in [6.45, 7) is 19.5. The van der Waals surface area contributed by atoms with E-state index in [4.69, 9.17) is 0 Å². The van der Waals surface area contributed by atoms with Gasteiger partial charge >= 0.3 is 0 Å². The third kappa shape index (κ3) is 53.6. The quantitative estimate of drug-likeness (QED) is 0.212. The second kappa shape index (κ2) is 55.2. The molecule has 9 aliphatic carbocycles. The molecule has 9 aliphatic rings. The van der Waals surface area contributed by atoms with E-state index in [1.165, 1.54) is 104 Å². The van der Waals surface area contributed by atoms with Gasteiger partial charge in [0.15, 0.2) is 0 Å². The van der Waals surface area contributed by atoms with Gasteiger partial charge in [0.05, 0.1) is 0 Å². The molecule has 0 saturated carbocycles. The van der Waals surface area contributed by atoms with Crippen LogP contribution < -0.4 is 0 Å². The second-order valence-corrected chi connectivity index (χ2v) is 21.4. The van der Waals surface area contributed by atoms with E-state index < -0.39 is 0 Å². The van der Waals surface area contributed by atoms with E-state index in [0.717, 1.165) is 44.9 Å². The molecule has 0 heterocycles. The molecule has 2 atom stereocenters. The van der Waals surface area contributed by atoms with E-state index >= 15 is 0 Å². The van der Waals surface area contributed by atoms with Crippen molar-refractivity contribution in [3.63, 3.8) is 0 Å². The van der Waals surface area contributed by atoms with E-state index in [0.29, 0.717) is 11.8 Å². The van der Waals surface area contributed by atoms with Gasteiger partial charge in [0.25, 0.3) is 0 Å². The standard InChI is InChI=1S/C9H14.8C9H12/c9*1-9-7-5-3-2-4-6-8-9/h2-3,8H,4-7H2,1H3;3,5-8H,2,4H2,1H3;3-7H,2,8H2,1H3;2-3,6-8H,4-5H2,1H3;2-3,5,7-8H,4,6H2,1H3;2-3,5-9H,4H2,1H3;2-5,8H,6-7H2,1H3;2-5,7H,6,8H2,1H3;2-7,9H,8H2,1H3/b3-2-,9-8-;5-3-,8-6?,9-7?;5-3-,6-4-,9-7-;3-2-,8-6?,9-7?;3-2+,7-5?,9-8?;3-2-,7-5-,8-6?;4-2-,5-3-,9-8-;4-2-,5-3-,9-7-;3-2-,6-4-,7-5-. The molecule has 0 aromatic rings. The van der Waals surface area contributed by atoms with Gasteiger partial charge in [0.1, 0.15) is 0 Å². The first-order valence-corrected chi connectivity index (χ1v) is 30.8. The third-order valence-electron chi connectivity index (χ3n) is 12.9. The Morgan fingerprint density at radius 1 is 0.272 bits per heavy atom. The molecule has 0 N–H and O–H groups in total. The van der Waals surface area contributed by atoms with Gasteiger partial charge in [-0.15, -0.1) is 0 Å². The number of hydrogen-bond acceptors (Lipinski definition) is 0. The van der Waals surface area contributed by atoms with Crippen LogP contribution in [0.4, 0.5) is 0 Å². The van der Waals surface area contributed by atoms with Crippen LogP contribution in [0.25, 0.3) is 0 Å². The fourth-order valence-corrected chi connectivity index (χ4v) is 7.80. The van der Waals surface area contributed by atoms with Gasteiger partial charge in [0, 0.05) is 0 Å². The van der Waals surface area contributed by atoms with Crippen LogP contribution in [0.15, 0.2) is 312 Å². The Morgan fingerprint density at radius 3 is 1.69 bits per heavy atom. The summed E-state index contributed by atoms with van der Waals surface area (Å²) in [6.07, 6.45) is 119. The van der Waals surface area contributed by atoms with Crippen molar-refractivity contribution < 1.29 is 0 Å². The largest absolute Gasteiger partial charge is 0.0882 e. The van der Waals surface area contributed by atoms with E-state index in [1.54, 1.807) is 5.57 Å². The van der Waals surface area contributed by atoms with Gasteiger partial charge in [-0.2, -0.15) is 0 Å². The Bertz CT molecular complexity index is 2490. The second-order valence-electron chi connectivity index (χ2n) is 21.4. The third-order valence-corrected chi connectivity index (χ3v) is 12.9. The van der Waals surface area contributed by atoms with Crippen molar-refractivity contribution >= 4 is 0 Å². The van der Waals surface area contributed by atoms with Crippen molar-refractivity contribution in [2.45, 2.75) is 178 Å². The Labute approximate surface area is 499 Å². The molecule has 0 saturated heterocycles. The number of hydrogen-bond donors (Lipinski definition) is 0. The zero-order valence-electron chi connectivity index (χ0n) is 52.4. The lowest BCUT2D eigenvalue weighted by molar-refractivity contribution is 0.743. The van der Waals surface area contributed by atoms with Crippen LogP contribution >= 0.6 is 0 Å². The normalized spacial score (nSPS) is 28.8. The molecule has 0 aromatic heterocycles. The molecule has 0 spiro atoms. The average Bonchev–Trinajstić information content (AvgIpc) is 3.39. The van der Waals surface area contributed by atoms with E-state index in [2.05, 4.69) is 336 Å². The van der Waals surface area contributed by atoms with E-state index in [-0.39, 0.29) is 0 Å². The SMILES string of the molecule is C/C1=C/C/C=C\C=C/C1.C/C1=C/C=C\C/C=C\C1.C/C1=C/C=C\C=C/CC1.C/C1=C/CC/C=C\CC1.CC1=C/C=C\CCC=C1.CC1=CC/C=C\CC=C1.CC1=CCC/C=C/C=C1.CC1C=CC/C=C\C=C/1.CC1\C=C/C=C\C=C/C1. The lowest BCUT2D eigenvalue weighted by Crippen LogP contribution is -1.85. The summed E-state index contributed by atoms with van der Waals surface area (Å²) < 4.78 is 0. The first-order chi connectivity index (χ1) is 39.5. The molecule has 0 fully saturated rings. The molecule has 434 valence electrons. The maximum absolute atomic E-state index is 2.35. The Balaban J connectivity index is 0.000000456. The van der Waals surface area contributed by atoms with E-state index in [1.807, 2.05) is 0 Å². The number of allylic oxidation sites excluding steroid dienone is 52. The fraction of sp³-hybridized carbons (Fsp3) is 0.358. The van der Waals surface area contributed by atoms with Gasteiger partial charge in [-0.1, -0.05) is 326 Å². The minimum Gasteiger partial charge on any atom is -0.0882 e. The summed E-state index contributed by atoms with van der Waals surface area (Å²) in [6, 6.07) is 0. The highest BCUT2D eigenvalue weighted by Crippen LogP contribution is 2.12. The van der Waals surface area contributed by atoms with Crippen LogP contribution in [-0.4, -0.2) is 0 Å². The molecular formula is C81H110. The van der Waals surface area contributed by atoms with Gasteiger partial charge in [-0.25, -0.2) is 0 Å².